The molecule has 0 radical (unpaired) electrons. The Morgan fingerprint density at radius 1 is 1.40 bits per heavy atom. The lowest BCUT2D eigenvalue weighted by atomic mass is 9.96. The lowest BCUT2D eigenvalue weighted by Gasteiger charge is -2.19. The second-order valence-electron chi connectivity index (χ2n) is 5.53. The summed E-state index contributed by atoms with van der Waals surface area (Å²) < 4.78 is 5.16. The van der Waals surface area contributed by atoms with Gasteiger partial charge in [-0.25, -0.2) is 4.98 Å². The van der Waals surface area contributed by atoms with Crippen LogP contribution in [0.2, 0.25) is 0 Å². The van der Waals surface area contributed by atoms with Crippen molar-refractivity contribution >= 4 is 16.5 Å². The number of aliphatic hydroxyl groups is 1. The largest absolute Gasteiger partial charge is 0.391 e. The van der Waals surface area contributed by atoms with Crippen molar-refractivity contribution in [2.75, 3.05) is 25.1 Å². The molecule has 0 aliphatic carbocycles. The molecule has 0 spiro atoms. The number of anilines is 1. The van der Waals surface area contributed by atoms with E-state index < -0.39 is 0 Å². The van der Waals surface area contributed by atoms with E-state index in [-0.39, 0.29) is 6.61 Å². The van der Waals surface area contributed by atoms with E-state index in [1.165, 1.54) is 32.1 Å². The highest BCUT2D eigenvalue weighted by molar-refractivity contribution is 7.15. The summed E-state index contributed by atoms with van der Waals surface area (Å²) in [6, 6.07) is 0. The topological polar surface area (TPSA) is 45.6 Å². The average Bonchev–Trinajstić information content (AvgIpc) is 2.71. The Labute approximate surface area is 125 Å². The Morgan fingerprint density at radius 2 is 2.25 bits per heavy atom. The summed E-state index contributed by atoms with van der Waals surface area (Å²) in [5.74, 6) is 0.876. The summed E-state index contributed by atoms with van der Waals surface area (Å²) in [6.45, 7) is 5.00. The van der Waals surface area contributed by atoms with E-state index >= 15 is 0 Å². The molecule has 0 aromatic carbocycles. The zero-order valence-corrected chi connectivity index (χ0v) is 13.4. The number of aliphatic hydroxyl groups excluding tert-OH is 1. The van der Waals surface area contributed by atoms with Crippen molar-refractivity contribution in [2.45, 2.75) is 52.2 Å². The summed E-state index contributed by atoms with van der Waals surface area (Å²) in [4.78, 5) is 8.00. The summed E-state index contributed by atoms with van der Waals surface area (Å²) in [7, 11) is 1.67. The first-order valence-corrected chi connectivity index (χ1v) is 8.43. The Bertz CT molecular complexity index is 409. The van der Waals surface area contributed by atoms with Crippen LogP contribution in [0.3, 0.4) is 0 Å². The van der Waals surface area contributed by atoms with Gasteiger partial charge in [0.05, 0.1) is 23.8 Å². The lowest BCUT2D eigenvalue weighted by molar-refractivity contribution is 0.179. The summed E-state index contributed by atoms with van der Waals surface area (Å²) in [5, 5.41) is 10.5. The van der Waals surface area contributed by atoms with Crippen molar-refractivity contribution in [3.8, 4) is 0 Å². The highest BCUT2D eigenvalue weighted by Gasteiger charge is 2.20. The first-order chi connectivity index (χ1) is 9.78. The van der Waals surface area contributed by atoms with E-state index in [9.17, 15) is 5.11 Å². The molecule has 114 valence electrons. The van der Waals surface area contributed by atoms with Crippen LogP contribution in [0.15, 0.2) is 0 Å². The molecule has 1 aromatic rings. The molecule has 2 rings (SSSR count). The molecule has 2 heterocycles. The van der Waals surface area contributed by atoms with Gasteiger partial charge in [-0.1, -0.05) is 31.1 Å². The molecule has 0 amide bonds. The quantitative estimate of drug-likeness (QED) is 0.876. The minimum Gasteiger partial charge on any atom is -0.391 e. The minimum atomic E-state index is 0.0582. The van der Waals surface area contributed by atoms with Crippen LogP contribution in [-0.4, -0.2) is 30.3 Å². The van der Waals surface area contributed by atoms with E-state index in [0.29, 0.717) is 6.61 Å². The van der Waals surface area contributed by atoms with Gasteiger partial charge in [-0.3, -0.25) is 0 Å². The van der Waals surface area contributed by atoms with Crippen molar-refractivity contribution in [2.24, 2.45) is 5.92 Å². The van der Waals surface area contributed by atoms with Crippen LogP contribution >= 0.6 is 11.3 Å². The first kappa shape index (κ1) is 15.7. The summed E-state index contributed by atoms with van der Waals surface area (Å²) >= 11 is 1.61. The van der Waals surface area contributed by atoms with Crippen LogP contribution in [0.1, 0.15) is 49.6 Å². The molecule has 1 aliphatic rings. The van der Waals surface area contributed by atoms with Gasteiger partial charge in [0.25, 0.3) is 0 Å². The third kappa shape index (κ3) is 3.93. The maximum absolute atomic E-state index is 9.42. The van der Waals surface area contributed by atoms with Crippen LogP contribution in [0.5, 0.6) is 0 Å². The van der Waals surface area contributed by atoms with E-state index in [0.717, 1.165) is 34.7 Å². The number of thiazole rings is 1. The monoisotopic (exact) mass is 298 g/mol. The molecule has 1 unspecified atom stereocenters. The van der Waals surface area contributed by atoms with Gasteiger partial charge in [-0.15, -0.1) is 0 Å². The van der Waals surface area contributed by atoms with E-state index in [2.05, 4.69) is 16.8 Å². The van der Waals surface area contributed by atoms with Gasteiger partial charge in [0.15, 0.2) is 5.13 Å². The number of rotatable bonds is 6. The molecule has 1 aliphatic heterocycles. The Hall–Kier alpha value is -0.650. The molecule has 4 nitrogen and oxygen atoms in total. The van der Waals surface area contributed by atoms with E-state index in [1.54, 1.807) is 18.4 Å². The van der Waals surface area contributed by atoms with Gasteiger partial charge >= 0.3 is 0 Å². The fourth-order valence-corrected chi connectivity index (χ4v) is 3.91. The molecule has 1 saturated heterocycles. The highest BCUT2D eigenvalue weighted by atomic mass is 32.1. The van der Waals surface area contributed by atoms with Crippen molar-refractivity contribution in [1.82, 2.24) is 4.98 Å². The van der Waals surface area contributed by atoms with Crippen LogP contribution in [0, 0.1) is 5.92 Å². The van der Waals surface area contributed by atoms with Gasteiger partial charge in [0, 0.05) is 20.2 Å². The first-order valence-electron chi connectivity index (χ1n) is 7.61. The molecule has 1 fully saturated rings. The van der Waals surface area contributed by atoms with E-state index in [4.69, 9.17) is 4.74 Å². The second-order valence-corrected chi connectivity index (χ2v) is 6.59. The average molecular weight is 298 g/mol. The highest BCUT2D eigenvalue weighted by Crippen LogP contribution is 2.30. The predicted molar refractivity (Wildman–Crippen MR) is 83.2 cm³/mol. The smallest absolute Gasteiger partial charge is 0.185 e. The SMILES string of the molecule is CCCC1CCCN(c2nc(COC)c(CO)s2)CC1. The fraction of sp³-hybridized carbons (Fsp3) is 0.800. The maximum atomic E-state index is 9.42. The number of aromatic nitrogens is 1. The van der Waals surface area contributed by atoms with E-state index in [1.807, 2.05) is 0 Å². The maximum Gasteiger partial charge on any atom is 0.185 e. The minimum absolute atomic E-state index is 0.0582. The second kappa shape index (κ2) is 7.96. The van der Waals surface area contributed by atoms with Crippen molar-refractivity contribution < 1.29 is 9.84 Å². The van der Waals surface area contributed by atoms with Gasteiger partial charge in [0.1, 0.15) is 0 Å². The predicted octanol–water partition coefficient (Wildman–Crippen LogP) is 3.19. The Kier molecular flexibility index (Phi) is 6.26. The van der Waals surface area contributed by atoms with Crippen molar-refractivity contribution in [1.29, 1.82) is 0 Å². The van der Waals surface area contributed by atoms with Gasteiger partial charge in [0.2, 0.25) is 0 Å². The Morgan fingerprint density at radius 3 is 2.95 bits per heavy atom. The number of hydrogen-bond donors (Lipinski definition) is 1. The molecular formula is C15H26N2O2S. The van der Waals surface area contributed by atoms with Crippen LogP contribution in [-0.2, 0) is 18.0 Å². The molecule has 5 heteroatoms. The molecule has 0 saturated carbocycles. The van der Waals surface area contributed by atoms with Crippen molar-refractivity contribution in [3.05, 3.63) is 10.6 Å². The summed E-state index contributed by atoms with van der Waals surface area (Å²) in [5.41, 5.74) is 0.893. The lowest BCUT2D eigenvalue weighted by Crippen LogP contribution is -2.24. The molecule has 1 atom stereocenters. The Balaban J connectivity index is 2.03. The zero-order valence-electron chi connectivity index (χ0n) is 12.6. The summed E-state index contributed by atoms with van der Waals surface area (Å²) in [6.07, 6.45) is 6.49. The van der Waals surface area contributed by atoms with Gasteiger partial charge in [-0.2, -0.15) is 0 Å². The van der Waals surface area contributed by atoms with Crippen LogP contribution in [0.4, 0.5) is 5.13 Å². The number of ether oxygens (including phenoxy) is 1. The number of nitrogens with zero attached hydrogens (tertiary/aromatic N) is 2. The normalized spacial score (nSPS) is 20.1. The molecule has 1 N–H and O–H groups in total. The molecule has 1 aromatic heterocycles. The van der Waals surface area contributed by atoms with Gasteiger partial charge < -0.3 is 14.7 Å². The standard InChI is InChI=1S/C15H26N2O2S/c1-3-5-12-6-4-8-17(9-7-12)15-16-13(11-19-2)14(10-18)20-15/h12,18H,3-11H2,1-2H3. The number of hydrogen-bond acceptors (Lipinski definition) is 5. The molecule has 0 bridgehead atoms. The third-order valence-electron chi connectivity index (χ3n) is 4.01. The third-order valence-corrected chi connectivity index (χ3v) is 5.15. The van der Waals surface area contributed by atoms with Crippen LogP contribution < -0.4 is 4.90 Å². The zero-order chi connectivity index (χ0) is 14.4. The molecular weight excluding hydrogens is 272 g/mol. The molecule has 20 heavy (non-hydrogen) atoms. The number of methoxy groups -OCH3 is 1. The van der Waals surface area contributed by atoms with Crippen LogP contribution in [0.25, 0.3) is 0 Å². The fourth-order valence-electron chi connectivity index (χ4n) is 2.93. The van der Waals surface area contributed by atoms with Gasteiger partial charge in [-0.05, 0) is 25.2 Å². The van der Waals surface area contributed by atoms with Crippen molar-refractivity contribution in [3.63, 3.8) is 0 Å².